The van der Waals surface area contributed by atoms with Crippen molar-refractivity contribution in [3.63, 3.8) is 0 Å². The fourth-order valence-electron chi connectivity index (χ4n) is 3.24. The van der Waals surface area contributed by atoms with Crippen LogP contribution in [0.3, 0.4) is 0 Å². The summed E-state index contributed by atoms with van der Waals surface area (Å²) in [4.78, 5) is 2.72. The van der Waals surface area contributed by atoms with E-state index in [1.807, 2.05) is 0 Å². The van der Waals surface area contributed by atoms with Crippen LogP contribution in [-0.2, 0) is 23.7 Å². The van der Waals surface area contributed by atoms with Gasteiger partial charge in [0.15, 0.2) is 0 Å². The van der Waals surface area contributed by atoms with E-state index in [-0.39, 0.29) is 0 Å². The van der Waals surface area contributed by atoms with E-state index < -0.39 is 0 Å². The first kappa shape index (κ1) is 19.3. The van der Waals surface area contributed by atoms with E-state index in [4.69, 9.17) is 23.7 Å². The van der Waals surface area contributed by atoms with Gasteiger partial charge in [-0.25, -0.2) is 0 Å². The summed E-state index contributed by atoms with van der Waals surface area (Å²) in [5.74, 6) is 0. The van der Waals surface area contributed by atoms with Crippen LogP contribution in [0.2, 0.25) is 0 Å². The Morgan fingerprint density at radius 2 is 0.963 bits per heavy atom. The molecule has 2 aliphatic rings. The van der Waals surface area contributed by atoms with Gasteiger partial charge in [-0.05, 0) is 34.0 Å². The highest BCUT2D eigenvalue weighted by molar-refractivity contribution is 7.21. The number of thiophene rings is 2. The molecule has 7 heteroatoms. The number of ether oxygens (including phenoxy) is 5. The molecule has 0 spiro atoms. The minimum absolute atomic E-state index is 0.542. The number of hydrogen-bond acceptors (Lipinski definition) is 7. The molecule has 1 fully saturated rings. The van der Waals surface area contributed by atoms with Crippen LogP contribution in [0.5, 0.6) is 0 Å². The summed E-state index contributed by atoms with van der Waals surface area (Å²) in [5.41, 5.74) is 5.08. The highest BCUT2D eigenvalue weighted by atomic mass is 32.1. The van der Waals surface area contributed by atoms with E-state index in [2.05, 4.69) is 22.9 Å². The van der Waals surface area contributed by atoms with Gasteiger partial charge in [0.25, 0.3) is 0 Å². The van der Waals surface area contributed by atoms with Crippen LogP contribution in [0, 0.1) is 0 Å². The van der Waals surface area contributed by atoms with E-state index in [1.54, 1.807) is 22.7 Å². The summed E-state index contributed by atoms with van der Waals surface area (Å²) < 4.78 is 28.4. The molecule has 146 valence electrons. The van der Waals surface area contributed by atoms with Crippen molar-refractivity contribution in [1.29, 1.82) is 0 Å². The molecule has 0 unspecified atom stereocenters. The minimum Gasteiger partial charge on any atom is -0.377 e. The summed E-state index contributed by atoms with van der Waals surface area (Å²) >= 11 is 3.60. The van der Waals surface area contributed by atoms with Gasteiger partial charge in [0.1, 0.15) is 0 Å². The molecular formula is C20H24O5S2. The molecule has 0 saturated carbocycles. The maximum atomic E-state index is 5.91. The third kappa shape index (κ3) is 4.68. The van der Waals surface area contributed by atoms with E-state index in [1.165, 1.54) is 32.0 Å². The Hall–Kier alpha value is -1.06. The van der Waals surface area contributed by atoms with Crippen LogP contribution < -0.4 is 0 Å². The maximum Gasteiger partial charge on any atom is 0.0709 e. The first-order chi connectivity index (χ1) is 13.4. The monoisotopic (exact) mass is 408 g/mol. The van der Waals surface area contributed by atoms with E-state index in [0.717, 1.165) is 0 Å². The quantitative estimate of drug-likeness (QED) is 0.568. The van der Waals surface area contributed by atoms with Crippen molar-refractivity contribution in [3.05, 3.63) is 39.6 Å². The SMILES string of the molecule is c1cc2c(s1)-c1sccc1C2=C1COCCOCCOCCOCCOC1. The summed E-state index contributed by atoms with van der Waals surface area (Å²) in [5, 5.41) is 4.32. The first-order valence-electron chi connectivity index (χ1n) is 9.22. The van der Waals surface area contributed by atoms with E-state index in [9.17, 15) is 0 Å². The number of fused-ring (bicyclic) bond motifs is 3. The lowest BCUT2D eigenvalue weighted by Crippen LogP contribution is -2.16. The van der Waals surface area contributed by atoms with Gasteiger partial charge in [-0.3, -0.25) is 0 Å². The number of hydrogen-bond donors (Lipinski definition) is 0. The summed E-state index contributed by atoms with van der Waals surface area (Å²) in [7, 11) is 0. The average molecular weight is 409 g/mol. The largest absolute Gasteiger partial charge is 0.377 e. The Kier molecular flexibility index (Phi) is 7.09. The van der Waals surface area contributed by atoms with Gasteiger partial charge in [0.2, 0.25) is 0 Å². The molecule has 1 aliphatic heterocycles. The Morgan fingerprint density at radius 3 is 1.41 bits per heavy atom. The summed E-state index contributed by atoms with van der Waals surface area (Å²) in [6.45, 7) is 5.66. The minimum atomic E-state index is 0.542. The lowest BCUT2D eigenvalue weighted by Gasteiger charge is -2.15. The second-order valence-corrected chi connectivity index (χ2v) is 8.08. The zero-order chi connectivity index (χ0) is 18.3. The fourth-order valence-corrected chi connectivity index (χ4v) is 5.24. The van der Waals surface area contributed by atoms with Crippen LogP contribution >= 0.6 is 22.7 Å². The van der Waals surface area contributed by atoms with Crippen LogP contribution in [0.4, 0.5) is 0 Å². The highest BCUT2D eigenvalue weighted by Gasteiger charge is 2.28. The molecule has 2 aromatic rings. The third-order valence-electron chi connectivity index (χ3n) is 4.47. The summed E-state index contributed by atoms with van der Waals surface area (Å²) in [6, 6.07) is 4.42. The zero-order valence-electron chi connectivity index (χ0n) is 15.2. The van der Waals surface area contributed by atoms with Gasteiger partial charge in [-0.1, -0.05) is 0 Å². The van der Waals surface area contributed by atoms with Crippen molar-refractivity contribution in [2.45, 2.75) is 0 Å². The molecule has 0 N–H and O–H groups in total. The second kappa shape index (κ2) is 9.93. The Labute approximate surface area is 167 Å². The molecule has 0 bridgehead atoms. The summed E-state index contributed by atoms with van der Waals surface area (Å²) in [6.07, 6.45) is 0. The molecule has 2 aromatic heterocycles. The molecule has 1 aliphatic carbocycles. The number of rotatable bonds is 0. The first-order valence-corrected chi connectivity index (χ1v) is 11.0. The predicted molar refractivity (Wildman–Crippen MR) is 108 cm³/mol. The van der Waals surface area contributed by atoms with Crippen LogP contribution in [0.25, 0.3) is 15.3 Å². The molecule has 0 atom stereocenters. The fraction of sp³-hybridized carbons (Fsp3) is 0.500. The standard InChI is InChI=1S/C20H24O5S2/c1-11-26-19-16(1)18(17-2-12-27-20(17)19)15-13-24-9-7-22-5-3-21-4-6-23-8-10-25-14-15/h1-2,11-12H,3-10,13-14H2. The van der Waals surface area contributed by atoms with Gasteiger partial charge in [-0.2, -0.15) is 0 Å². The molecular weight excluding hydrogens is 384 g/mol. The second-order valence-electron chi connectivity index (χ2n) is 6.25. The topological polar surface area (TPSA) is 46.2 Å². The Balaban J connectivity index is 1.51. The normalized spacial score (nSPS) is 20.4. The van der Waals surface area contributed by atoms with Crippen LogP contribution in [-0.4, -0.2) is 66.1 Å². The average Bonchev–Trinajstić information content (AvgIpc) is 3.36. The van der Waals surface area contributed by atoms with Gasteiger partial charge in [-0.15, -0.1) is 22.7 Å². The Morgan fingerprint density at radius 1 is 0.556 bits per heavy atom. The molecule has 0 aromatic carbocycles. The van der Waals surface area contributed by atoms with Crippen molar-refractivity contribution in [3.8, 4) is 9.75 Å². The smallest absolute Gasteiger partial charge is 0.0709 e. The van der Waals surface area contributed by atoms with Gasteiger partial charge < -0.3 is 23.7 Å². The van der Waals surface area contributed by atoms with E-state index >= 15 is 0 Å². The van der Waals surface area contributed by atoms with Crippen molar-refractivity contribution in [1.82, 2.24) is 0 Å². The van der Waals surface area contributed by atoms with Gasteiger partial charge in [0, 0.05) is 11.1 Å². The van der Waals surface area contributed by atoms with Crippen LogP contribution in [0.15, 0.2) is 28.5 Å². The van der Waals surface area contributed by atoms with Crippen LogP contribution in [0.1, 0.15) is 11.1 Å². The van der Waals surface area contributed by atoms with Gasteiger partial charge >= 0.3 is 0 Å². The lowest BCUT2D eigenvalue weighted by molar-refractivity contribution is -0.0138. The molecule has 5 nitrogen and oxygen atoms in total. The highest BCUT2D eigenvalue weighted by Crippen LogP contribution is 2.51. The van der Waals surface area contributed by atoms with Crippen molar-refractivity contribution in [2.75, 3.05) is 66.1 Å². The Bertz CT molecular complexity index is 704. The van der Waals surface area contributed by atoms with Crippen molar-refractivity contribution in [2.24, 2.45) is 0 Å². The molecule has 3 heterocycles. The third-order valence-corrected chi connectivity index (χ3v) is 6.46. The lowest BCUT2D eigenvalue weighted by atomic mass is 10.0. The van der Waals surface area contributed by atoms with Gasteiger partial charge in [0.05, 0.1) is 75.8 Å². The van der Waals surface area contributed by atoms with E-state index in [0.29, 0.717) is 66.1 Å². The van der Waals surface area contributed by atoms with Crippen molar-refractivity contribution >= 4 is 28.2 Å². The molecule has 4 rings (SSSR count). The maximum absolute atomic E-state index is 5.91. The molecule has 27 heavy (non-hydrogen) atoms. The molecule has 1 saturated heterocycles. The molecule has 0 radical (unpaired) electrons. The molecule has 0 amide bonds. The zero-order valence-corrected chi connectivity index (χ0v) is 16.9. The predicted octanol–water partition coefficient (Wildman–Crippen LogP) is 3.69. The van der Waals surface area contributed by atoms with Crippen molar-refractivity contribution < 1.29 is 23.7 Å².